The highest BCUT2D eigenvalue weighted by Crippen LogP contribution is 2.41. The number of benzene rings is 6. The second-order valence-electron chi connectivity index (χ2n) is 11.8. The fraction of sp³-hybridized carbons (Fsp3) is 0. The normalized spacial score (nSPS) is 11.8. The summed E-state index contributed by atoms with van der Waals surface area (Å²) in [6.45, 7) is 0. The van der Waals surface area contributed by atoms with E-state index in [-0.39, 0.29) is 0 Å². The Kier molecular flexibility index (Phi) is 5.77. The average Bonchev–Trinajstić information content (AvgIpc) is 3.73. The van der Waals surface area contributed by atoms with E-state index in [0.717, 1.165) is 82.5 Å². The van der Waals surface area contributed by atoms with E-state index in [4.69, 9.17) is 23.8 Å². The summed E-state index contributed by atoms with van der Waals surface area (Å²) < 4.78 is 12.5. The van der Waals surface area contributed by atoms with Gasteiger partial charge in [-0.2, -0.15) is 0 Å². The lowest BCUT2D eigenvalue weighted by Crippen LogP contribution is -2.00. The third-order valence-corrected chi connectivity index (χ3v) is 9.02. The van der Waals surface area contributed by atoms with Crippen LogP contribution in [0.5, 0.6) is 0 Å². The molecule has 0 aliphatic carbocycles. The first-order valence-electron chi connectivity index (χ1n) is 15.8. The molecule has 6 nitrogen and oxygen atoms in total. The molecule has 0 atom stereocenters. The third-order valence-electron chi connectivity index (χ3n) is 9.02. The van der Waals surface area contributed by atoms with Gasteiger partial charge >= 0.3 is 0 Å². The Morgan fingerprint density at radius 2 is 1.02 bits per heavy atom. The van der Waals surface area contributed by atoms with Gasteiger partial charge in [0.25, 0.3) is 0 Å². The van der Waals surface area contributed by atoms with Gasteiger partial charge in [-0.1, -0.05) is 97.1 Å². The van der Waals surface area contributed by atoms with Crippen molar-refractivity contribution in [3.05, 3.63) is 146 Å². The summed E-state index contributed by atoms with van der Waals surface area (Å²) >= 11 is 0. The summed E-state index contributed by atoms with van der Waals surface area (Å²) in [6, 6.07) is 45.1. The predicted molar refractivity (Wildman–Crippen MR) is 191 cm³/mol. The Morgan fingerprint density at radius 3 is 1.85 bits per heavy atom. The van der Waals surface area contributed by atoms with Crippen LogP contribution in [0.15, 0.2) is 155 Å². The number of nitrogens with zero attached hydrogens (tertiary/aromatic N) is 4. The molecule has 0 saturated heterocycles. The minimum Gasteiger partial charge on any atom is -0.456 e. The minimum absolute atomic E-state index is 0.583. The van der Waals surface area contributed by atoms with Gasteiger partial charge in [0.15, 0.2) is 17.5 Å². The van der Waals surface area contributed by atoms with Gasteiger partial charge in [-0.15, -0.1) is 0 Å². The maximum atomic E-state index is 6.25. The number of rotatable bonds is 4. The van der Waals surface area contributed by atoms with Crippen LogP contribution in [-0.4, -0.2) is 19.9 Å². The van der Waals surface area contributed by atoms with Crippen LogP contribution in [0.3, 0.4) is 0 Å². The number of hydrogen-bond acceptors (Lipinski definition) is 6. The van der Waals surface area contributed by atoms with Crippen LogP contribution in [0, 0.1) is 0 Å². The number of hydrogen-bond donors (Lipinski definition) is 0. The van der Waals surface area contributed by atoms with E-state index in [9.17, 15) is 0 Å². The number of para-hydroxylation sites is 1. The maximum absolute atomic E-state index is 6.25. The van der Waals surface area contributed by atoms with Crippen molar-refractivity contribution in [1.29, 1.82) is 0 Å². The Hall–Kier alpha value is -6.66. The molecule has 0 unspecified atom stereocenters. The van der Waals surface area contributed by atoms with Gasteiger partial charge in [0.05, 0.1) is 0 Å². The van der Waals surface area contributed by atoms with E-state index in [2.05, 4.69) is 59.6 Å². The van der Waals surface area contributed by atoms with Gasteiger partial charge in [-0.25, -0.2) is 15.0 Å². The standard InChI is InChI=1S/C42H24N4O2/c1-2-10-25(11-3-1)40-44-41(46-42(45-40)31-16-9-19-37-39(31)30-14-6-7-17-34(30)47-37)27-22-26-12-4-5-13-28(26)32(23-27)29-15-8-18-36-38(29)33-24-43-21-20-35(33)48-36/h1-24H. The third kappa shape index (κ3) is 4.13. The summed E-state index contributed by atoms with van der Waals surface area (Å²) in [6.07, 6.45) is 3.64. The zero-order valence-electron chi connectivity index (χ0n) is 25.5. The molecule has 10 aromatic rings. The highest BCUT2D eigenvalue weighted by molar-refractivity contribution is 6.16. The predicted octanol–water partition coefficient (Wildman–Crippen LogP) is 10.9. The first-order valence-corrected chi connectivity index (χ1v) is 15.8. The molecule has 224 valence electrons. The van der Waals surface area contributed by atoms with Crippen LogP contribution in [-0.2, 0) is 0 Å². The maximum Gasteiger partial charge on any atom is 0.164 e. The molecule has 4 aromatic heterocycles. The van der Waals surface area contributed by atoms with Crippen LogP contribution in [0.25, 0.3) is 99.9 Å². The lowest BCUT2D eigenvalue weighted by molar-refractivity contribution is 0.668. The first-order chi connectivity index (χ1) is 23.8. The number of furan rings is 2. The molecule has 6 aromatic carbocycles. The van der Waals surface area contributed by atoms with E-state index in [1.807, 2.05) is 85.1 Å². The molecule has 0 aliphatic heterocycles. The Balaban J connectivity index is 1.26. The largest absolute Gasteiger partial charge is 0.456 e. The average molecular weight is 617 g/mol. The van der Waals surface area contributed by atoms with E-state index < -0.39 is 0 Å². The highest BCUT2D eigenvalue weighted by atomic mass is 16.3. The Bertz CT molecular complexity index is 2850. The van der Waals surface area contributed by atoms with Crippen LogP contribution >= 0.6 is 0 Å². The molecule has 6 heteroatoms. The molecule has 0 aliphatic rings. The summed E-state index contributed by atoms with van der Waals surface area (Å²) in [5.74, 6) is 1.77. The van der Waals surface area contributed by atoms with Crippen LogP contribution in [0.2, 0.25) is 0 Å². The molecule has 0 radical (unpaired) electrons. The smallest absolute Gasteiger partial charge is 0.164 e. The van der Waals surface area contributed by atoms with Gasteiger partial charge in [0.2, 0.25) is 0 Å². The van der Waals surface area contributed by atoms with Gasteiger partial charge < -0.3 is 8.83 Å². The molecule has 0 bridgehead atoms. The fourth-order valence-electron chi connectivity index (χ4n) is 6.86. The summed E-state index contributed by atoms with van der Waals surface area (Å²) in [5, 5.41) is 6.22. The molecule has 10 rings (SSSR count). The van der Waals surface area contributed by atoms with Gasteiger partial charge in [-0.3, -0.25) is 4.98 Å². The second kappa shape index (κ2) is 10.4. The van der Waals surface area contributed by atoms with Gasteiger partial charge in [0.1, 0.15) is 22.3 Å². The molecule has 4 heterocycles. The molecule has 0 spiro atoms. The Morgan fingerprint density at radius 1 is 0.396 bits per heavy atom. The molecular formula is C42H24N4O2. The Labute approximate surface area is 274 Å². The fourth-order valence-corrected chi connectivity index (χ4v) is 6.86. The van der Waals surface area contributed by atoms with E-state index in [0.29, 0.717) is 17.5 Å². The van der Waals surface area contributed by atoms with Crippen LogP contribution in [0.4, 0.5) is 0 Å². The van der Waals surface area contributed by atoms with Crippen molar-refractivity contribution in [2.75, 3.05) is 0 Å². The summed E-state index contributed by atoms with van der Waals surface area (Å²) in [7, 11) is 0. The van der Waals surface area contributed by atoms with E-state index >= 15 is 0 Å². The van der Waals surface area contributed by atoms with E-state index in [1.54, 1.807) is 6.20 Å². The van der Waals surface area contributed by atoms with E-state index in [1.165, 1.54) is 0 Å². The van der Waals surface area contributed by atoms with Gasteiger partial charge in [0, 0.05) is 50.6 Å². The minimum atomic E-state index is 0.583. The van der Waals surface area contributed by atoms with Crippen molar-refractivity contribution in [3.63, 3.8) is 0 Å². The van der Waals surface area contributed by atoms with Gasteiger partial charge in [-0.05, 0) is 58.3 Å². The molecule has 48 heavy (non-hydrogen) atoms. The quantitative estimate of drug-likeness (QED) is 0.196. The van der Waals surface area contributed by atoms with Crippen molar-refractivity contribution >= 4 is 54.6 Å². The first kappa shape index (κ1) is 26.5. The van der Waals surface area contributed by atoms with Crippen molar-refractivity contribution in [2.45, 2.75) is 0 Å². The van der Waals surface area contributed by atoms with Crippen LogP contribution < -0.4 is 0 Å². The van der Waals surface area contributed by atoms with Crippen molar-refractivity contribution in [3.8, 4) is 45.3 Å². The molecule has 0 fully saturated rings. The monoisotopic (exact) mass is 616 g/mol. The number of aromatic nitrogens is 4. The van der Waals surface area contributed by atoms with Crippen molar-refractivity contribution in [1.82, 2.24) is 19.9 Å². The molecule has 0 saturated carbocycles. The highest BCUT2D eigenvalue weighted by Gasteiger charge is 2.20. The lowest BCUT2D eigenvalue weighted by Gasteiger charge is -2.13. The van der Waals surface area contributed by atoms with Crippen molar-refractivity contribution in [2.24, 2.45) is 0 Å². The zero-order chi connectivity index (χ0) is 31.6. The summed E-state index contributed by atoms with van der Waals surface area (Å²) in [5.41, 5.74) is 8.05. The second-order valence-corrected chi connectivity index (χ2v) is 11.8. The topological polar surface area (TPSA) is 77.8 Å². The van der Waals surface area contributed by atoms with Crippen LogP contribution in [0.1, 0.15) is 0 Å². The molecule has 0 amide bonds. The number of pyridine rings is 1. The number of fused-ring (bicyclic) bond motifs is 7. The van der Waals surface area contributed by atoms with Crippen molar-refractivity contribution < 1.29 is 8.83 Å². The zero-order valence-corrected chi connectivity index (χ0v) is 25.5. The molecular weight excluding hydrogens is 592 g/mol. The summed E-state index contributed by atoms with van der Waals surface area (Å²) in [4.78, 5) is 19.8. The molecule has 0 N–H and O–H groups in total. The SMILES string of the molecule is c1ccc(-c2nc(-c3cc(-c4cccc5oc6ccncc6c45)c4ccccc4c3)nc(-c3cccc4oc5ccccc5c34)n2)cc1. The lowest BCUT2D eigenvalue weighted by atomic mass is 9.92.